The Morgan fingerprint density at radius 2 is 1.83 bits per heavy atom. The second kappa shape index (κ2) is 4.24. The summed E-state index contributed by atoms with van der Waals surface area (Å²) in [5.74, 6) is 0. The zero-order valence-corrected chi connectivity index (χ0v) is 8.65. The molecule has 0 aromatic heterocycles. The molecule has 0 saturated heterocycles. The average molecular weight is 165 g/mol. The van der Waals surface area contributed by atoms with Gasteiger partial charge in [0.05, 0.1) is 0 Å². The quantitative estimate of drug-likeness (QED) is 0.567. The van der Waals surface area contributed by atoms with Crippen LogP contribution in [-0.2, 0) is 0 Å². The van der Waals surface area contributed by atoms with Crippen LogP contribution in [0.15, 0.2) is 29.4 Å². The summed E-state index contributed by atoms with van der Waals surface area (Å²) in [7, 11) is 0. The zero-order chi connectivity index (χ0) is 9.78. The van der Waals surface area contributed by atoms with Crippen LogP contribution in [0.5, 0.6) is 0 Å². The fourth-order valence-corrected chi connectivity index (χ4v) is 0.454. The van der Waals surface area contributed by atoms with Crippen molar-refractivity contribution in [3.8, 4) is 0 Å². The molecule has 12 heavy (non-hydrogen) atoms. The standard InChI is InChI=1S/C11H19N/c1-7-10(3)12-8-9(2)11(4,5)6/h8H,2-3,7H2,1,4-6H3. The van der Waals surface area contributed by atoms with E-state index in [9.17, 15) is 0 Å². The predicted octanol–water partition coefficient (Wildman–Crippen LogP) is 3.58. The maximum atomic E-state index is 4.19. The van der Waals surface area contributed by atoms with Crippen LogP contribution >= 0.6 is 0 Å². The van der Waals surface area contributed by atoms with Crippen molar-refractivity contribution in [1.82, 2.24) is 0 Å². The summed E-state index contributed by atoms with van der Waals surface area (Å²) in [6.07, 6.45) is 2.71. The van der Waals surface area contributed by atoms with Crippen LogP contribution in [0.1, 0.15) is 34.1 Å². The van der Waals surface area contributed by atoms with Crippen molar-refractivity contribution in [2.75, 3.05) is 0 Å². The molecule has 0 heterocycles. The monoisotopic (exact) mass is 165 g/mol. The van der Waals surface area contributed by atoms with E-state index in [4.69, 9.17) is 0 Å². The molecule has 0 aliphatic rings. The fourth-order valence-electron chi connectivity index (χ4n) is 0.454. The second-order valence-electron chi connectivity index (χ2n) is 3.95. The first-order valence-electron chi connectivity index (χ1n) is 4.29. The molecule has 0 aliphatic carbocycles. The first kappa shape index (κ1) is 11.2. The van der Waals surface area contributed by atoms with Gasteiger partial charge in [0.1, 0.15) is 0 Å². The van der Waals surface area contributed by atoms with Crippen LogP contribution < -0.4 is 0 Å². The van der Waals surface area contributed by atoms with Gasteiger partial charge in [-0.3, -0.25) is 4.99 Å². The van der Waals surface area contributed by atoms with Crippen molar-refractivity contribution in [3.63, 3.8) is 0 Å². The molecule has 0 spiro atoms. The highest BCUT2D eigenvalue weighted by atomic mass is 14.7. The first-order valence-corrected chi connectivity index (χ1v) is 4.29. The number of allylic oxidation sites excluding steroid dienone is 2. The van der Waals surface area contributed by atoms with Gasteiger partial charge in [-0.2, -0.15) is 0 Å². The van der Waals surface area contributed by atoms with E-state index in [2.05, 4.69) is 38.9 Å². The van der Waals surface area contributed by atoms with E-state index in [-0.39, 0.29) is 5.41 Å². The van der Waals surface area contributed by atoms with E-state index in [0.29, 0.717) is 0 Å². The molecule has 0 atom stereocenters. The van der Waals surface area contributed by atoms with Crippen LogP contribution in [0.2, 0.25) is 0 Å². The Morgan fingerprint density at radius 3 is 2.17 bits per heavy atom. The Bertz CT molecular complexity index is 204. The fraction of sp³-hybridized carbons (Fsp3) is 0.545. The van der Waals surface area contributed by atoms with Gasteiger partial charge < -0.3 is 0 Å². The summed E-state index contributed by atoms with van der Waals surface area (Å²) in [5, 5.41) is 0. The topological polar surface area (TPSA) is 12.4 Å². The highest BCUT2D eigenvalue weighted by Gasteiger charge is 2.12. The number of rotatable bonds is 3. The predicted molar refractivity (Wildman–Crippen MR) is 56.5 cm³/mol. The molecular formula is C11H19N. The maximum Gasteiger partial charge on any atom is 0.0329 e. The van der Waals surface area contributed by atoms with Gasteiger partial charge in [0.15, 0.2) is 0 Å². The van der Waals surface area contributed by atoms with E-state index in [1.807, 2.05) is 13.1 Å². The number of aliphatic imine (C=N–C) groups is 1. The Balaban J connectivity index is 4.19. The Labute approximate surface area is 75.9 Å². The van der Waals surface area contributed by atoms with Gasteiger partial charge in [0.2, 0.25) is 0 Å². The minimum Gasteiger partial charge on any atom is -0.262 e. The molecule has 0 radical (unpaired) electrons. The molecule has 0 unspecified atom stereocenters. The largest absolute Gasteiger partial charge is 0.262 e. The van der Waals surface area contributed by atoms with Crippen molar-refractivity contribution in [3.05, 3.63) is 24.4 Å². The smallest absolute Gasteiger partial charge is 0.0329 e. The molecule has 0 aromatic carbocycles. The third-order valence-corrected chi connectivity index (χ3v) is 1.77. The van der Waals surface area contributed by atoms with E-state index in [0.717, 1.165) is 17.7 Å². The lowest BCUT2D eigenvalue weighted by Crippen LogP contribution is -2.09. The highest BCUT2D eigenvalue weighted by molar-refractivity contribution is 5.79. The highest BCUT2D eigenvalue weighted by Crippen LogP contribution is 2.21. The molecule has 68 valence electrons. The molecule has 0 aliphatic heterocycles. The Hall–Kier alpha value is -0.850. The Morgan fingerprint density at radius 1 is 1.33 bits per heavy atom. The third-order valence-electron chi connectivity index (χ3n) is 1.77. The van der Waals surface area contributed by atoms with Crippen molar-refractivity contribution < 1.29 is 0 Å². The zero-order valence-electron chi connectivity index (χ0n) is 8.65. The van der Waals surface area contributed by atoms with Gasteiger partial charge in [-0.05, 0) is 17.4 Å². The minimum atomic E-state index is 0.109. The molecule has 1 heteroatoms. The molecule has 1 nitrogen and oxygen atoms in total. The normalized spacial score (nSPS) is 12.0. The van der Waals surface area contributed by atoms with Gasteiger partial charge in [-0.15, -0.1) is 0 Å². The molecule has 0 aromatic rings. The van der Waals surface area contributed by atoms with Crippen molar-refractivity contribution in [2.24, 2.45) is 10.4 Å². The van der Waals surface area contributed by atoms with E-state index in [1.54, 1.807) is 0 Å². The lowest BCUT2D eigenvalue weighted by Gasteiger charge is -2.17. The van der Waals surface area contributed by atoms with Gasteiger partial charge in [-0.1, -0.05) is 40.9 Å². The average Bonchev–Trinajstić information content (AvgIpc) is 1.97. The molecular weight excluding hydrogens is 146 g/mol. The van der Waals surface area contributed by atoms with Gasteiger partial charge >= 0.3 is 0 Å². The minimum absolute atomic E-state index is 0.109. The molecule has 0 rings (SSSR count). The van der Waals surface area contributed by atoms with Crippen LogP contribution in [-0.4, -0.2) is 6.21 Å². The Kier molecular flexibility index (Phi) is 3.94. The molecule has 0 fully saturated rings. The maximum absolute atomic E-state index is 4.19. The summed E-state index contributed by atoms with van der Waals surface area (Å²) in [6.45, 7) is 16.1. The number of hydrogen-bond donors (Lipinski definition) is 0. The van der Waals surface area contributed by atoms with Gasteiger partial charge in [0, 0.05) is 11.9 Å². The summed E-state index contributed by atoms with van der Waals surface area (Å²) >= 11 is 0. The van der Waals surface area contributed by atoms with Gasteiger partial charge in [-0.25, -0.2) is 0 Å². The SMILES string of the molecule is C=C(CC)N=CC(=C)C(C)(C)C. The number of hydrogen-bond acceptors (Lipinski definition) is 1. The number of nitrogens with zero attached hydrogens (tertiary/aromatic N) is 1. The third kappa shape index (κ3) is 4.12. The molecule has 0 amide bonds. The summed E-state index contributed by atoms with van der Waals surface area (Å²) in [4.78, 5) is 4.19. The van der Waals surface area contributed by atoms with E-state index < -0.39 is 0 Å². The van der Waals surface area contributed by atoms with Crippen LogP contribution in [0.3, 0.4) is 0 Å². The van der Waals surface area contributed by atoms with Gasteiger partial charge in [0.25, 0.3) is 0 Å². The summed E-state index contributed by atoms with van der Waals surface area (Å²) < 4.78 is 0. The van der Waals surface area contributed by atoms with Crippen LogP contribution in [0.25, 0.3) is 0 Å². The molecule has 0 bridgehead atoms. The van der Waals surface area contributed by atoms with E-state index in [1.165, 1.54) is 0 Å². The van der Waals surface area contributed by atoms with Crippen LogP contribution in [0, 0.1) is 5.41 Å². The van der Waals surface area contributed by atoms with E-state index >= 15 is 0 Å². The lowest BCUT2D eigenvalue weighted by atomic mass is 9.88. The van der Waals surface area contributed by atoms with Crippen molar-refractivity contribution in [2.45, 2.75) is 34.1 Å². The lowest BCUT2D eigenvalue weighted by molar-refractivity contribution is 0.528. The first-order chi connectivity index (χ1) is 5.38. The van der Waals surface area contributed by atoms with Crippen LogP contribution in [0.4, 0.5) is 0 Å². The van der Waals surface area contributed by atoms with Crippen molar-refractivity contribution in [1.29, 1.82) is 0 Å². The molecule has 0 saturated carbocycles. The summed E-state index contributed by atoms with van der Waals surface area (Å²) in [6, 6.07) is 0. The molecule has 0 N–H and O–H groups in total. The second-order valence-corrected chi connectivity index (χ2v) is 3.95. The van der Waals surface area contributed by atoms with Crippen molar-refractivity contribution >= 4 is 6.21 Å². The summed E-state index contributed by atoms with van der Waals surface area (Å²) in [5.41, 5.74) is 2.05.